The standard InChI is InChI=1S/C9H11NO4/c1-9(10,8(13)14)7-5(11)3-2-4-6(7)12/h2-4,11-12H,10H2,1H3,(H,13,14)/t9-/m1/s1. The van der Waals surface area contributed by atoms with Crippen LogP contribution < -0.4 is 5.73 Å². The number of phenolic OH excluding ortho intramolecular Hbond substituents is 2. The molecular weight excluding hydrogens is 186 g/mol. The topological polar surface area (TPSA) is 104 Å². The predicted octanol–water partition coefficient (Wildman–Crippen LogP) is 0.356. The van der Waals surface area contributed by atoms with Gasteiger partial charge in [0.25, 0.3) is 0 Å². The fourth-order valence-electron chi connectivity index (χ4n) is 1.17. The Morgan fingerprint density at radius 3 is 2.14 bits per heavy atom. The molecule has 5 nitrogen and oxygen atoms in total. The molecule has 0 fully saturated rings. The van der Waals surface area contributed by atoms with E-state index in [2.05, 4.69) is 0 Å². The summed E-state index contributed by atoms with van der Waals surface area (Å²) in [6, 6.07) is 3.93. The lowest BCUT2D eigenvalue weighted by atomic mass is 9.91. The van der Waals surface area contributed by atoms with E-state index in [4.69, 9.17) is 10.8 Å². The van der Waals surface area contributed by atoms with E-state index >= 15 is 0 Å². The molecule has 0 unspecified atom stereocenters. The lowest BCUT2D eigenvalue weighted by Gasteiger charge is -2.21. The Kier molecular flexibility index (Phi) is 2.35. The van der Waals surface area contributed by atoms with E-state index in [0.29, 0.717) is 0 Å². The Labute approximate surface area is 80.4 Å². The molecule has 1 rings (SSSR count). The molecule has 1 atom stereocenters. The van der Waals surface area contributed by atoms with Crippen LogP contribution in [0.1, 0.15) is 12.5 Å². The Balaban J connectivity index is 3.38. The Hall–Kier alpha value is -1.75. The van der Waals surface area contributed by atoms with Crippen molar-refractivity contribution in [3.63, 3.8) is 0 Å². The first kappa shape index (κ1) is 10.3. The molecule has 5 heteroatoms. The summed E-state index contributed by atoms with van der Waals surface area (Å²) in [7, 11) is 0. The van der Waals surface area contributed by atoms with Gasteiger partial charge >= 0.3 is 5.97 Å². The molecule has 14 heavy (non-hydrogen) atoms. The van der Waals surface area contributed by atoms with Crippen molar-refractivity contribution in [2.45, 2.75) is 12.5 Å². The average molecular weight is 197 g/mol. The Morgan fingerprint density at radius 2 is 1.79 bits per heavy atom. The highest BCUT2D eigenvalue weighted by molar-refractivity contribution is 5.82. The molecule has 0 aliphatic heterocycles. The number of carboxylic acids is 1. The molecule has 0 saturated heterocycles. The minimum atomic E-state index is -1.81. The minimum absolute atomic E-state index is 0.187. The van der Waals surface area contributed by atoms with E-state index in [1.54, 1.807) is 0 Å². The van der Waals surface area contributed by atoms with Crippen LogP contribution in [0.5, 0.6) is 11.5 Å². The van der Waals surface area contributed by atoms with Gasteiger partial charge in [-0.2, -0.15) is 0 Å². The van der Waals surface area contributed by atoms with Crippen LogP contribution in [0.2, 0.25) is 0 Å². The molecule has 0 aliphatic carbocycles. The summed E-state index contributed by atoms with van der Waals surface area (Å²) in [5.41, 5.74) is 3.47. The predicted molar refractivity (Wildman–Crippen MR) is 48.9 cm³/mol. The second-order valence-electron chi connectivity index (χ2n) is 3.18. The molecule has 0 bridgehead atoms. The summed E-state index contributed by atoms with van der Waals surface area (Å²) in [5.74, 6) is -2.00. The number of phenols is 2. The van der Waals surface area contributed by atoms with Crippen molar-refractivity contribution in [3.8, 4) is 11.5 Å². The van der Waals surface area contributed by atoms with Crippen molar-refractivity contribution in [2.24, 2.45) is 5.73 Å². The summed E-state index contributed by atoms with van der Waals surface area (Å²) >= 11 is 0. The molecule has 0 spiro atoms. The van der Waals surface area contributed by atoms with Crippen LogP contribution in [-0.4, -0.2) is 21.3 Å². The maximum Gasteiger partial charge on any atom is 0.328 e. The number of nitrogens with two attached hydrogens (primary N) is 1. The molecule has 0 aromatic heterocycles. The number of hydrogen-bond acceptors (Lipinski definition) is 4. The van der Waals surface area contributed by atoms with Crippen LogP contribution >= 0.6 is 0 Å². The first-order valence-electron chi connectivity index (χ1n) is 3.91. The summed E-state index contributed by atoms with van der Waals surface area (Å²) in [6.07, 6.45) is 0. The van der Waals surface area contributed by atoms with Crippen LogP contribution in [0.15, 0.2) is 18.2 Å². The second-order valence-corrected chi connectivity index (χ2v) is 3.18. The van der Waals surface area contributed by atoms with Crippen LogP contribution in [0.4, 0.5) is 0 Å². The van der Waals surface area contributed by atoms with E-state index < -0.39 is 11.5 Å². The largest absolute Gasteiger partial charge is 0.507 e. The van der Waals surface area contributed by atoms with Crippen molar-refractivity contribution in [3.05, 3.63) is 23.8 Å². The van der Waals surface area contributed by atoms with Gasteiger partial charge < -0.3 is 21.1 Å². The third-order valence-electron chi connectivity index (χ3n) is 1.98. The number of carboxylic acid groups (broad SMARTS) is 1. The molecule has 0 saturated carbocycles. The quantitative estimate of drug-likeness (QED) is 0.548. The van der Waals surface area contributed by atoms with Crippen LogP contribution in [-0.2, 0) is 10.3 Å². The molecular formula is C9H11NO4. The van der Waals surface area contributed by atoms with E-state index in [1.807, 2.05) is 0 Å². The van der Waals surface area contributed by atoms with Crippen molar-refractivity contribution in [1.29, 1.82) is 0 Å². The molecule has 0 heterocycles. The average Bonchev–Trinajstić information content (AvgIpc) is 2.02. The highest BCUT2D eigenvalue weighted by Gasteiger charge is 2.35. The molecule has 0 aliphatic rings. The maximum absolute atomic E-state index is 10.8. The van der Waals surface area contributed by atoms with Gasteiger partial charge in [0.15, 0.2) is 0 Å². The minimum Gasteiger partial charge on any atom is -0.507 e. The fourth-order valence-corrected chi connectivity index (χ4v) is 1.17. The Morgan fingerprint density at radius 1 is 1.36 bits per heavy atom. The second kappa shape index (κ2) is 3.19. The molecule has 1 aromatic rings. The van der Waals surface area contributed by atoms with Crippen LogP contribution in [0.25, 0.3) is 0 Å². The third kappa shape index (κ3) is 1.49. The van der Waals surface area contributed by atoms with Gasteiger partial charge in [-0.3, -0.25) is 0 Å². The summed E-state index contributed by atoms with van der Waals surface area (Å²) in [5, 5.41) is 27.5. The SMILES string of the molecule is C[C@](N)(C(=O)O)c1c(O)cccc1O. The number of carbonyl (C=O) groups is 1. The van der Waals surface area contributed by atoms with Gasteiger partial charge in [-0.05, 0) is 19.1 Å². The fraction of sp³-hybridized carbons (Fsp3) is 0.222. The smallest absolute Gasteiger partial charge is 0.328 e. The zero-order valence-corrected chi connectivity index (χ0v) is 7.56. The molecule has 0 amide bonds. The van der Waals surface area contributed by atoms with Gasteiger partial charge in [-0.15, -0.1) is 0 Å². The van der Waals surface area contributed by atoms with E-state index in [-0.39, 0.29) is 17.1 Å². The van der Waals surface area contributed by atoms with Gasteiger partial charge in [0.2, 0.25) is 0 Å². The van der Waals surface area contributed by atoms with Crippen LogP contribution in [0.3, 0.4) is 0 Å². The van der Waals surface area contributed by atoms with Gasteiger partial charge in [0.1, 0.15) is 17.0 Å². The highest BCUT2D eigenvalue weighted by atomic mass is 16.4. The third-order valence-corrected chi connectivity index (χ3v) is 1.98. The zero-order valence-electron chi connectivity index (χ0n) is 7.56. The maximum atomic E-state index is 10.8. The van der Waals surface area contributed by atoms with E-state index in [1.165, 1.54) is 25.1 Å². The van der Waals surface area contributed by atoms with Gasteiger partial charge in [-0.25, -0.2) is 4.79 Å². The first-order chi connectivity index (χ1) is 6.37. The summed E-state index contributed by atoms with van der Waals surface area (Å²) in [6.45, 7) is 1.20. The number of hydrogen-bond donors (Lipinski definition) is 4. The zero-order chi connectivity index (χ0) is 10.9. The van der Waals surface area contributed by atoms with E-state index in [0.717, 1.165) is 0 Å². The molecule has 1 aromatic carbocycles. The van der Waals surface area contributed by atoms with Crippen molar-refractivity contribution in [1.82, 2.24) is 0 Å². The number of benzene rings is 1. The number of rotatable bonds is 2. The number of aromatic hydroxyl groups is 2. The molecule has 0 radical (unpaired) electrons. The Bertz CT molecular complexity index is 353. The number of aliphatic carboxylic acids is 1. The van der Waals surface area contributed by atoms with Gasteiger partial charge in [0, 0.05) is 0 Å². The van der Waals surface area contributed by atoms with Crippen molar-refractivity contribution < 1.29 is 20.1 Å². The monoisotopic (exact) mass is 197 g/mol. The molecule has 5 N–H and O–H groups in total. The lowest BCUT2D eigenvalue weighted by Crippen LogP contribution is -2.41. The normalized spacial score (nSPS) is 14.7. The van der Waals surface area contributed by atoms with Crippen molar-refractivity contribution >= 4 is 5.97 Å². The van der Waals surface area contributed by atoms with Crippen molar-refractivity contribution in [2.75, 3.05) is 0 Å². The lowest BCUT2D eigenvalue weighted by molar-refractivity contribution is -0.143. The van der Waals surface area contributed by atoms with E-state index in [9.17, 15) is 15.0 Å². The summed E-state index contributed by atoms with van der Waals surface area (Å²) in [4.78, 5) is 10.8. The van der Waals surface area contributed by atoms with Gasteiger partial charge in [0.05, 0.1) is 5.56 Å². The molecule has 76 valence electrons. The van der Waals surface area contributed by atoms with Gasteiger partial charge in [-0.1, -0.05) is 6.07 Å². The summed E-state index contributed by atoms with van der Waals surface area (Å²) < 4.78 is 0. The first-order valence-corrected chi connectivity index (χ1v) is 3.91. The van der Waals surface area contributed by atoms with Crippen LogP contribution in [0, 0.1) is 0 Å². The highest BCUT2D eigenvalue weighted by Crippen LogP contribution is 2.34.